The van der Waals surface area contributed by atoms with E-state index >= 15 is 0 Å². The fourth-order valence-corrected chi connectivity index (χ4v) is 4.85. The highest BCUT2D eigenvalue weighted by Gasteiger charge is 2.29. The fourth-order valence-electron chi connectivity index (χ4n) is 4.85. The van der Waals surface area contributed by atoms with Crippen molar-refractivity contribution in [1.82, 2.24) is 0 Å². The molecule has 0 saturated heterocycles. The molecule has 2 saturated carbocycles. The number of hydrogen-bond donors (Lipinski definition) is 0. The zero-order valence-corrected chi connectivity index (χ0v) is 16.2. The number of allylic oxidation sites excluding steroid dienone is 2. The van der Waals surface area contributed by atoms with Crippen LogP contribution in [-0.2, 0) is 4.74 Å². The molecule has 0 heterocycles. The molecule has 0 amide bonds. The third kappa shape index (κ3) is 4.96. The summed E-state index contributed by atoms with van der Waals surface area (Å²) < 4.78 is 47.6. The van der Waals surface area contributed by atoms with Gasteiger partial charge >= 0.3 is 0 Å². The molecule has 0 atom stereocenters. The molecule has 0 N–H and O–H groups in total. The summed E-state index contributed by atoms with van der Waals surface area (Å²) in [5.74, 6) is -0.775. The predicted molar refractivity (Wildman–Crippen MR) is 103 cm³/mol. The molecule has 0 aromatic heterocycles. The zero-order chi connectivity index (χ0) is 19.2. The first-order valence-corrected chi connectivity index (χ1v) is 10.5. The second-order valence-electron chi connectivity index (χ2n) is 8.00. The number of ether oxygens (including phenoxy) is 1. The van der Waals surface area contributed by atoms with Crippen LogP contribution in [0.15, 0.2) is 24.3 Å². The molecule has 2 aliphatic carbocycles. The van der Waals surface area contributed by atoms with Crippen molar-refractivity contribution >= 4 is 0 Å². The van der Waals surface area contributed by atoms with Gasteiger partial charge in [0.2, 0.25) is 0 Å². The Morgan fingerprint density at radius 1 is 0.889 bits per heavy atom. The maximum atomic E-state index is 14.8. The highest BCUT2D eigenvalue weighted by molar-refractivity contribution is 5.32. The maximum Gasteiger partial charge on any atom is 0.162 e. The molecule has 2 fully saturated rings. The summed E-state index contributed by atoms with van der Waals surface area (Å²) in [6.45, 7) is 2.26. The van der Waals surface area contributed by atoms with Crippen LogP contribution in [-0.4, -0.2) is 19.4 Å². The Balaban J connectivity index is 1.65. The Morgan fingerprint density at radius 2 is 1.41 bits per heavy atom. The van der Waals surface area contributed by atoms with Crippen LogP contribution in [0.1, 0.15) is 81.3 Å². The van der Waals surface area contributed by atoms with Gasteiger partial charge in [0.05, 0.1) is 6.10 Å². The van der Waals surface area contributed by atoms with E-state index in [9.17, 15) is 13.2 Å². The van der Waals surface area contributed by atoms with E-state index in [2.05, 4.69) is 0 Å². The fraction of sp³-hybridized carbons (Fsp3) is 0.652. The van der Waals surface area contributed by atoms with Crippen molar-refractivity contribution in [3.8, 4) is 0 Å². The lowest BCUT2D eigenvalue weighted by Crippen LogP contribution is -2.21. The van der Waals surface area contributed by atoms with Crippen molar-refractivity contribution in [3.63, 3.8) is 0 Å². The number of alkyl halides is 1. The Labute approximate surface area is 161 Å². The Kier molecular flexibility index (Phi) is 7.40. The van der Waals surface area contributed by atoms with Gasteiger partial charge in [0.25, 0.3) is 0 Å². The largest absolute Gasteiger partial charge is 0.379 e. The van der Waals surface area contributed by atoms with Crippen molar-refractivity contribution in [3.05, 3.63) is 47.0 Å². The molecule has 1 nitrogen and oxygen atoms in total. The lowest BCUT2D eigenvalue weighted by Gasteiger charge is -2.30. The minimum Gasteiger partial charge on any atom is -0.379 e. The zero-order valence-electron chi connectivity index (χ0n) is 16.2. The van der Waals surface area contributed by atoms with E-state index in [0.717, 1.165) is 51.4 Å². The first-order chi connectivity index (χ1) is 13.1. The second kappa shape index (κ2) is 9.77. The van der Waals surface area contributed by atoms with Crippen molar-refractivity contribution in [2.45, 2.75) is 76.2 Å². The van der Waals surface area contributed by atoms with Crippen LogP contribution in [0.3, 0.4) is 0 Å². The van der Waals surface area contributed by atoms with Crippen LogP contribution >= 0.6 is 0 Å². The minimum absolute atomic E-state index is 0.0669. The maximum absolute atomic E-state index is 14.8. The summed E-state index contributed by atoms with van der Waals surface area (Å²) in [6, 6.07) is 3.62. The van der Waals surface area contributed by atoms with Crippen LogP contribution in [0, 0.1) is 17.6 Å². The first-order valence-electron chi connectivity index (χ1n) is 10.5. The Morgan fingerprint density at radius 3 is 1.89 bits per heavy atom. The van der Waals surface area contributed by atoms with Crippen LogP contribution in [0.5, 0.6) is 0 Å². The average Bonchev–Trinajstić information content (AvgIpc) is 2.70. The standard InChI is InChI=1S/C23H31F3O/c1-2-27-19-11-9-18(10-12-19)21-14-13-20(22(25)23(21)26)17-7-5-16(6-8-17)4-3-15-24/h3-4,13-14,16-19H,2,5-12,15H2,1H3. The molecule has 1 aromatic carbocycles. The average molecular weight is 380 g/mol. The van der Waals surface area contributed by atoms with Gasteiger partial charge in [0.1, 0.15) is 6.67 Å². The molecule has 0 unspecified atom stereocenters. The van der Waals surface area contributed by atoms with E-state index in [-0.39, 0.29) is 17.9 Å². The number of rotatable bonds is 6. The van der Waals surface area contributed by atoms with Gasteiger partial charge < -0.3 is 4.74 Å². The Hall–Kier alpha value is -1.29. The van der Waals surface area contributed by atoms with Crippen LogP contribution in [0.4, 0.5) is 13.2 Å². The third-order valence-electron chi connectivity index (χ3n) is 6.37. The molecule has 27 heavy (non-hydrogen) atoms. The monoisotopic (exact) mass is 380 g/mol. The molecule has 0 spiro atoms. The third-order valence-corrected chi connectivity index (χ3v) is 6.37. The summed E-state index contributed by atoms with van der Waals surface area (Å²) in [5, 5.41) is 0. The summed E-state index contributed by atoms with van der Waals surface area (Å²) in [5.41, 5.74) is 1.05. The topological polar surface area (TPSA) is 9.23 Å². The summed E-state index contributed by atoms with van der Waals surface area (Å²) >= 11 is 0. The summed E-state index contributed by atoms with van der Waals surface area (Å²) in [6.07, 6.45) is 10.8. The van der Waals surface area contributed by atoms with Crippen molar-refractivity contribution in [2.24, 2.45) is 5.92 Å². The van der Waals surface area contributed by atoms with Gasteiger partial charge in [0, 0.05) is 6.61 Å². The van der Waals surface area contributed by atoms with Gasteiger partial charge in [-0.05, 0) is 87.2 Å². The summed E-state index contributed by atoms with van der Waals surface area (Å²) in [4.78, 5) is 0. The highest BCUT2D eigenvalue weighted by atomic mass is 19.2. The van der Waals surface area contributed by atoms with Crippen molar-refractivity contribution < 1.29 is 17.9 Å². The van der Waals surface area contributed by atoms with Gasteiger partial charge in [-0.3, -0.25) is 0 Å². The van der Waals surface area contributed by atoms with E-state index in [1.807, 2.05) is 25.1 Å². The van der Waals surface area contributed by atoms with Gasteiger partial charge in [-0.15, -0.1) is 0 Å². The van der Waals surface area contributed by atoms with E-state index in [1.54, 1.807) is 6.08 Å². The quantitative estimate of drug-likeness (QED) is 0.492. The molecular formula is C23H31F3O. The lowest BCUT2D eigenvalue weighted by atomic mass is 9.77. The van der Waals surface area contributed by atoms with Gasteiger partial charge in [0.15, 0.2) is 11.6 Å². The molecule has 3 rings (SSSR count). The minimum atomic E-state index is -0.651. The molecule has 0 radical (unpaired) electrons. The highest BCUT2D eigenvalue weighted by Crippen LogP contribution is 2.41. The molecule has 150 valence electrons. The van der Waals surface area contributed by atoms with E-state index in [1.165, 1.54) is 0 Å². The van der Waals surface area contributed by atoms with Gasteiger partial charge in [-0.2, -0.15) is 0 Å². The van der Waals surface area contributed by atoms with E-state index in [4.69, 9.17) is 4.74 Å². The number of hydrogen-bond acceptors (Lipinski definition) is 1. The SMILES string of the molecule is CCOC1CCC(c2ccc(C3CCC(C=CCF)CC3)c(F)c2F)CC1. The predicted octanol–water partition coefficient (Wildman–Crippen LogP) is 6.83. The molecule has 2 aliphatic rings. The summed E-state index contributed by atoms with van der Waals surface area (Å²) in [7, 11) is 0. The Bertz CT molecular complexity index is 627. The van der Waals surface area contributed by atoms with Gasteiger partial charge in [-0.1, -0.05) is 24.3 Å². The molecular weight excluding hydrogens is 349 g/mol. The molecule has 0 aliphatic heterocycles. The van der Waals surface area contributed by atoms with Crippen molar-refractivity contribution in [2.75, 3.05) is 13.3 Å². The van der Waals surface area contributed by atoms with E-state index in [0.29, 0.717) is 23.7 Å². The first kappa shape index (κ1) is 20.4. The molecule has 1 aromatic rings. The number of benzene rings is 1. The van der Waals surface area contributed by atoms with Crippen LogP contribution in [0.2, 0.25) is 0 Å². The second-order valence-corrected chi connectivity index (χ2v) is 8.00. The van der Waals surface area contributed by atoms with E-state index < -0.39 is 18.3 Å². The molecule has 0 bridgehead atoms. The number of halogens is 3. The molecule has 4 heteroatoms. The normalized spacial score (nSPS) is 29.3. The van der Waals surface area contributed by atoms with Crippen molar-refractivity contribution in [1.29, 1.82) is 0 Å². The van der Waals surface area contributed by atoms with Gasteiger partial charge in [-0.25, -0.2) is 13.2 Å². The van der Waals surface area contributed by atoms with Crippen LogP contribution in [0.25, 0.3) is 0 Å². The van der Waals surface area contributed by atoms with Crippen LogP contribution < -0.4 is 0 Å². The lowest BCUT2D eigenvalue weighted by molar-refractivity contribution is 0.0325. The smallest absolute Gasteiger partial charge is 0.162 e.